The summed E-state index contributed by atoms with van der Waals surface area (Å²) in [6.45, 7) is 5.80. The van der Waals surface area contributed by atoms with E-state index >= 15 is 0 Å². The van der Waals surface area contributed by atoms with Crippen LogP contribution in [0.15, 0.2) is 18.3 Å². The average Bonchev–Trinajstić information content (AvgIpc) is 2.90. The van der Waals surface area contributed by atoms with Crippen LogP contribution in [0, 0.1) is 0 Å². The number of nitrogens with zero attached hydrogens (tertiary/aromatic N) is 2. The number of carbonyl (C=O) groups is 2. The summed E-state index contributed by atoms with van der Waals surface area (Å²) in [4.78, 5) is 30.4. The van der Waals surface area contributed by atoms with Gasteiger partial charge in [-0.05, 0) is 37.8 Å². The standard InChI is InChI=1S/C19H29N3O3/c1-3-19(4-2,13-17(23)24)21-18(25)15-9-10-16(20-14-15)22-11-7-5-6-8-12-22/h9-10,14H,3-8,11-13H2,1-2H3,(H,21,25)(H,23,24). The van der Waals surface area contributed by atoms with Crippen LogP contribution in [0.25, 0.3) is 0 Å². The first kappa shape index (κ1) is 19.2. The second kappa shape index (κ2) is 8.83. The highest BCUT2D eigenvalue weighted by Crippen LogP contribution is 2.21. The van der Waals surface area contributed by atoms with E-state index in [1.54, 1.807) is 12.3 Å². The number of hydrogen-bond donors (Lipinski definition) is 2. The molecule has 0 radical (unpaired) electrons. The second-order valence-corrected chi connectivity index (χ2v) is 6.82. The zero-order chi connectivity index (χ0) is 18.3. The summed E-state index contributed by atoms with van der Waals surface area (Å²) < 4.78 is 0. The van der Waals surface area contributed by atoms with Gasteiger partial charge in [-0.25, -0.2) is 4.98 Å². The maximum absolute atomic E-state index is 12.5. The molecule has 2 N–H and O–H groups in total. The van der Waals surface area contributed by atoms with Gasteiger partial charge in [0.1, 0.15) is 5.82 Å². The van der Waals surface area contributed by atoms with Crippen molar-refractivity contribution in [3.8, 4) is 0 Å². The maximum atomic E-state index is 12.5. The largest absolute Gasteiger partial charge is 0.481 e. The van der Waals surface area contributed by atoms with Crippen molar-refractivity contribution in [2.45, 2.75) is 64.3 Å². The minimum absolute atomic E-state index is 0.0783. The van der Waals surface area contributed by atoms with Crippen molar-refractivity contribution in [3.63, 3.8) is 0 Å². The van der Waals surface area contributed by atoms with E-state index in [0.29, 0.717) is 18.4 Å². The number of carboxylic acid groups (broad SMARTS) is 1. The lowest BCUT2D eigenvalue weighted by atomic mass is 9.88. The highest BCUT2D eigenvalue weighted by Gasteiger charge is 2.31. The Morgan fingerprint density at radius 1 is 1.16 bits per heavy atom. The number of anilines is 1. The quantitative estimate of drug-likeness (QED) is 0.791. The van der Waals surface area contributed by atoms with Gasteiger partial charge in [-0.15, -0.1) is 0 Å². The Balaban J connectivity index is 2.07. The monoisotopic (exact) mass is 347 g/mol. The number of nitrogens with one attached hydrogen (secondary N) is 1. The third-order valence-electron chi connectivity index (χ3n) is 5.16. The van der Waals surface area contributed by atoms with E-state index in [1.165, 1.54) is 25.7 Å². The van der Waals surface area contributed by atoms with Gasteiger partial charge in [0, 0.05) is 19.3 Å². The SMILES string of the molecule is CCC(CC)(CC(=O)O)NC(=O)c1ccc(N2CCCCCC2)nc1. The molecule has 0 bridgehead atoms. The molecule has 2 heterocycles. The third-order valence-corrected chi connectivity index (χ3v) is 5.16. The van der Waals surface area contributed by atoms with Gasteiger partial charge in [-0.2, -0.15) is 0 Å². The van der Waals surface area contributed by atoms with Crippen molar-refractivity contribution in [1.29, 1.82) is 0 Å². The Kier molecular flexibility index (Phi) is 6.79. The molecule has 25 heavy (non-hydrogen) atoms. The van der Waals surface area contributed by atoms with E-state index < -0.39 is 11.5 Å². The maximum Gasteiger partial charge on any atom is 0.305 e. The summed E-state index contributed by atoms with van der Waals surface area (Å²) in [5.74, 6) is -0.264. The molecule has 0 spiro atoms. The highest BCUT2D eigenvalue weighted by molar-refractivity contribution is 5.94. The van der Waals surface area contributed by atoms with Crippen molar-refractivity contribution in [2.75, 3.05) is 18.0 Å². The normalized spacial score (nSPS) is 15.5. The summed E-state index contributed by atoms with van der Waals surface area (Å²) in [6.07, 6.45) is 7.52. The molecule has 0 unspecified atom stereocenters. The van der Waals surface area contributed by atoms with Gasteiger partial charge < -0.3 is 15.3 Å². The molecule has 1 aromatic rings. The molecule has 0 aliphatic carbocycles. The fraction of sp³-hybridized carbons (Fsp3) is 0.632. The van der Waals surface area contributed by atoms with Gasteiger partial charge in [-0.3, -0.25) is 9.59 Å². The molecule has 1 saturated heterocycles. The minimum atomic E-state index is -0.904. The van der Waals surface area contributed by atoms with Crippen LogP contribution in [0.4, 0.5) is 5.82 Å². The lowest BCUT2D eigenvalue weighted by Crippen LogP contribution is -2.49. The Labute approximate surface area is 149 Å². The molecular weight excluding hydrogens is 318 g/mol. The van der Waals surface area contributed by atoms with Gasteiger partial charge in [0.15, 0.2) is 0 Å². The van der Waals surface area contributed by atoms with Crippen molar-refractivity contribution >= 4 is 17.7 Å². The van der Waals surface area contributed by atoms with Crippen LogP contribution >= 0.6 is 0 Å². The number of rotatable bonds is 7. The van der Waals surface area contributed by atoms with Crippen LogP contribution in [0.2, 0.25) is 0 Å². The van der Waals surface area contributed by atoms with Crippen LogP contribution < -0.4 is 10.2 Å². The molecule has 0 saturated carbocycles. The number of carbonyl (C=O) groups excluding carboxylic acids is 1. The lowest BCUT2D eigenvalue weighted by Gasteiger charge is -2.31. The van der Waals surface area contributed by atoms with E-state index in [2.05, 4.69) is 15.2 Å². The van der Waals surface area contributed by atoms with Gasteiger partial charge in [0.2, 0.25) is 0 Å². The first-order valence-electron chi connectivity index (χ1n) is 9.25. The molecule has 0 atom stereocenters. The van der Waals surface area contributed by atoms with Crippen molar-refractivity contribution in [2.24, 2.45) is 0 Å². The molecule has 0 aromatic carbocycles. The molecule has 6 nitrogen and oxygen atoms in total. The number of hydrogen-bond acceptors (Lipinski definition) is 4. The Hall–Kier alpha value is -2.11. The van der Waals surface area contributed by atoms with E-state index in [1.807, 2.05) is 19.9 Å². The molecule has 138 valence electrons. The van der Waals surface area contributed by atoms with Crippen molar-refractivity contribution < 1.29 is 14.7 Å². The Bertz CT molecular complexity index is 574. The summed E-state index contributed by atoms with van der Waals surface area (Å²) in [6, 6.07) is 3.66. The van der Waals surface area contributed by atoms with E-state index in [9.17, 15) is 9.59 Å². The minimum Gasteiger partial charge on any atom is -0.481 e. The molecule has 1 aromatic heterocycles. The Morgan fingerprint density at radius 2 is 1.80 bits per heavy atom. The first-order valence-corrected chi connectivity index (χ1v) is 9.25. The van der Waals surface area contributed by atoms with E-state index in [4.69, 9.17) is 5.11 Å². The van der Waals surface area contributed by atoms with Gasteiger partial charge in [0.05, 0.1) is 17.5 Å². The number of carboxylic acids is 1. The van der Waals surface area contributed by atoms with Crippen LogP contribution in [0.1, 0.15) is 69.2 Å². The predicted molar refractivity (Wildman–Crippen MR) is 98.0 cm³/mol. The average molecular weight is 347 g/mol. The molecule has 1 amide bonds. The fourth-order valence-electron chi connectivity index (χ4n) is 3.33. The molecule has 1 aliphatic heterocycles. The number of aliphatic carboxylic acids is 1. The topological polar surface area (TPSA) is 82.5 Å². The molecular formula is C19H29N3O3. The number of aromatic nitrogens is 1. The number of pyridine rings is 1. The Morgan fingerprint density at radius 3 is 2.28 bits per heavy atom. The van der Waals surface area contributed by atoms with E-state index in [0.717, 1.165) is 18.9 Å². The van der Waals surface area contributed by atoms with Gasteiger partial charge in [-0.1, -0.05) is 26.7 Å². The zero-order valence-electron chi connectivity index (χ0n) is 15.3. The zero-order valence-corrected chi connectivity index (χ0v) is 15.3. The smallest absolute Gasteiger partial charge is 0.305 e. The summed E-state index contributed by atoms with van der Waals surface area (Å²) in [7, 11) is 0. The molecule has 6 heteroatoms. The molecule has 2 rings (SSSR count). The van der Waals surface area contributed by atoms with Crippen LogP contribution in [0.3, 0.4) is 0 Å². The highest BCUT2D eigenvalue weighted by atomic mass is 16.4. The summed E-state index contributed by atoms with van der Waals surface area (Å²) in [5.41, 5.74) is -0.248. The van der Waals surface area contributed by atoms with Crippen LogP contribution in [-0.2, 0) is 4.79 Å². The predicted octanol–water partition coefficient (Wildman–Crippen LogP) is 3.23. The molecule has 1 aliphatic rings. The summed E-state index contributed by atoms with van der Waals surface area (Å²) >= 11 is 0. The fourth-order valence-corrected chi connectivity index (χ4v) is 3.33. The lowest BCUT2D eigenvalue weighted by molar-refractivity contribution is -0.138. The van der Waals surface area contributed by atoms with Crippen molar-refractivity contribution in [3.05, 3.63) is 23.9 Å². The third kappa shape index (κ3) is 5.18. The second-order valence-electron chi connectivity index (χ2n) is 6.82. The molecule has 1 fully saturated rings. The van der Waals surface area contributed by atoms with Crippen LogP contribution in [-0.4, -0.2) is 40.6 Å². The van der Waals surface area contributed by atoms with Gasteiger partial charge in [0.25, 0.3) is 5.91 Å². The summed E-state index contributed by atoms with van der Waals surface area (Å²) in [5, 5.41) is 12.0. The first-order chi connectivity index (χ1) is 12.0. The van der Waals surface area contributed by atoms with E-state index in [-0.39, 0.29) is 12.3 Å². The van der Waals surface area contributed by atoms with Gasteiger partial charge >= 0.3 is 5.97 Å². The number of amides is 1. The van der Waals surface area contributed by atoms with Crippen molar-refractivity contribution in [1.82, 2.24) is 10.3 Å². The van der Waals surface area contributed by atoms with Crippen LogP contribution in [0.5, 0.6) is 0 Å².